The maximum atomic E-state index is 13.7. The molecule has 73 heavy (non-hydrogen) atoms. The first-order chi connectivity index (χ1) is 34.6. The van der Waals surface area contributed by atoms with E-state index >= 15 is 0 Å². The summed E-state index contributed by atoms with van der Waals surface area (Å²) in [6.07, 6.45) is 0.930. The molecule has 2 aromatic carbocycles. The number of aliphatic hydroxyl groups is 1. The molecule has 7 amide bonds. The molecule has 0 saturated heterocycles. The summed E-state index contributed by atoms with van der Waals surface area (Å²) in [6, 6.07) is 10.0. The Morgan fingerprint density at radius 2 is 1.63 bits per heavy atom. The Morgan fingerprint density at radius 1 is 0.932 bits per heavy atom. The van der Waals surface area contributed by atoms with E-state index in [0.717, 1.165) is 22.6 Å². The van der Waals surface area contributed by atoms with Crippen molar-refractivity contribution < 1.29 is 62.8 Å². The van der Waals surface area contributed by atoms with Crippen LogP contribution in [0.1, 0.15) is 74.8 Å². The number of benzene rings is 2. The van der Waals surface area contributed by atoms with Gasteiger partial charge in [-0.3, -0.25) is 19.2 Å². The lowest BCUT2D eigenvalue weighted by Gasteiger charge is -2.31. The molecule has 0 unspecified atom stereocenters. The first kappa shape index (κ1) is 54.0. The van der Waals surface area contributed by atoms with Gasteiger partial charge in [-0.2, -0.15) is 0 Å². The number of cyclic esters (lactones) is 1. The number of carbonyl (C=O) groups is 8. The number of nitrogens with two attached hydrogens (primary N) is 1. The van der Waals surface area contributed by atoms with Crippen LogP contribution in [-0.4, -0.2) is 123 Å². The first-order valence-corrected chi connectivity index (χ1v) is 23.5. The Labute approximate surface area is 419 Å². The van der Waals surface area contributed by atoms with Crippen LogP contribution in [0.3, 0.4) is 0 Å². The molecule has 6 rings (SSSR count). The van der Waals surface area contributed by atoms with Gasteiger partial charge in [0.25, 0.3) is 5.56 Å². The third-order valence-corrected chi connectivity index (χ3v) is 12.5. The summed E-state index contributed by atoms with van der Waals surface area (Å²) in [4.78, 5) is 121. The Bertz CT molecular complexity index is 2920. The number of esters is 1. The number of hydrogen-bond donors (Lipinski definition) is 7. The first-order valence-electron chi connectivity index (χ1n) is 23.5. The van der Waals surface area contributed by atoms with Crippen molar-refractivity contribution in [3.63, 3.8) is 0 Å². The molecule has 0 saturated carbocycles. The molecule has 2 aromatic heterocycles. The molecule has 0 bridgehead atoms. The summed E-state index contributed by atoms with van der Waals surface area (Å²) in [5.41, 5.74) is 7.53. The maximum absolute atomic E-state index is 13.7. The number of anilines is 1. The van der Waals surface area contributed by atoms with Crippen LogP contribution in [0.4, 0.5) is 20.1 Å². The standard InChI is InChI=1S/C50H59N9O14/c1-7-31-32-22-30(15-16-36(32)54-42-33(31)24-59-38(42)23-35-34(45(59)65)26-71-46(66)50(35,70)8-2)73-49(69)58(6)21-20-57(5)48(68)72-25-28-11-13-29(14-12-28)53-43(63)37(10-9-19-52-47(51)67)55-44(64)41(27(3)4)56-39(60)17-18-40(61)62/h11-18,22-23,27,37,41,70H,7-10,19-21,24-26H2,1-6H3,(H,53,63)(H,55,64)(H,56,60)(H,61,62)(H3,51,52,67)/b18-17+/t37-,41-,50-/m0/s1. The Hall–Kier alpha value is -8.34. The molecular weight excluding hydrogens is 951 g/mol. The molecule has 4 aromatic rings. The number of aliphatic carboxylic acids is 1. The summed E-state index contributed by atoms with van der Waals surface area (Å²) < 4.78 is 18.0. The zero-order valence-electron chi connectivity index (χ0n) is 41.2. The molecule has 2 aliphatic heterocycles. The minimum Gasteiger partial charge on any atom is -0.478 e. The van der Waals surface area contributed by atoms with Crippen LogP contribution in [0, 0.1) is 5.92 Å². The van der Waals surface area contributed by atoms with Gasteiger partial charge in [0.15, 0.2) is 5.60 Å². The second kappa shape index (κ2) is 23.3. The van der Waals surface area contributed by atoms with Gasteiger partial charge in [0.1, 0.15) is 31.0 Å². The fraction of sp³-hybridized carbons (Fsp3) is 0.400. The molecule has 4 heterocycles. The predicted molar refractivity (Wildman–Crippen MR) is 263 cm³/mol. The van der Waals surface area contributed by atoms with Crippen molar-refractivity contribution in [2.75, 3.05) is 39.0 Å². The molecule has 0 aliphatic carbocycles. The van der Waals surface area contributed by atoms with Gasteiger partial charge in [-0.1, -0.05) is 39.8 Å². The molecule has 0 spiro atoms. The largest absolute Gasteiger partial charge is 0.478 e. The number of rotatable bonds is 20. The van der Waals surface area contributed by atoms with Gasteiger partial charge in [-0.15, -0.1) is 0 Å². The fourth-order valence-electron chi connectivity index (χ4n) is 8.37. The average Bonchev–Trinajstić information content (AvgIpc) is 3.73. The van der Waals surface area contributed by atoms with Crippen molar-refractivity contribution in [1.82, 2.24) is 35.3 Å². The molecule has 23 nitrogen and oxygen atoms in total. The Morgan fingerprint density at radius 3 is 2.27 bits per heavy atom. The number of carbonyl (C=O) groups excluding carboxylic acids is 7. The highest BCUT2D eigenvalue weighted by molar-refractivity contribution is 6.00. The van der Waals surface area contributed by atoms with E-state index in [0.29, 0.717) is 40.7 Å². The van der Waals surface area contributed by atoms with Crippen molar-refractivity contribution in [1.29, 1.82) is 0 Å². The molecule has 23 heteroatoms. The van der Waals surface area contributed by atoms with Crippen molar-refractivity contribution in [3.8, 4) is 17.1 Å². The molecule has 0 fully saturated rings. The number of nitrogens with one attached hydrogen (secondary N) is 4. The minimum atomic E-state index is -1.95. The van der Waals surface area contributed by atoms with Crippen molar-refractivity contribution in [2.24, 2.45) is 11.7 Å². The van der Waals surface area contributed by atoms with Crippen LogP contribution < -0.4 is 37.3 Å². The van der Waals surface area contributed by atoms with Gasteiger partial charge in [0, 0.05) is 68.1 Å². The van der Waals surface area contributed by atoms with E-state index in [4.69, 9.17) is 30.0 Å². The van der Waals surface area contributed by atoms with Crippen LogP contribution in [-0.2, 0) is 65.2 Å². The molecule has 388 valence electrons. The van der Waals surface area contributed by atoms with Crippen LogP contribution in [0.2, 0.25) is 0 Å². The number of urea groups is 1. The summed E-state index contributed by atoms with van der Waals surface area (Å²) in [5, 5.41) is 31.0. The van der Waals surface area contributed by atoms with E-state index in [2.05, 4.69) is 21.3 Å². The second-order valence-electron chi connectivity index (χ2n) is 17.9. The van der Waals surface area contributed by atoms with Gasteiger partial charge >= 0.3 is 30.2 Å². The fourth-order valence-corrected chi connectivity index (χ4v) is 8.37. The van der Waals surface area contributed by atoms with E-state index in [1.165, 1.54) is 23.9 Å². The van der Waals surface area contributed by atoms with E-state index in [1.54, 1.807) is 73.9 Å². The van der Waals surface area contributed by atoms with Crippen LogP contribution in [0.25, 0.3) is 22.3 Å². The van der Waals surface area contributed by atoms with Gasteiger partial charge in [-0.05, 0) is 79.1 Å². The smallest absolute Gasteiger partial charge is 0.415 e. The average molecular weight is 1010 g/mol. The number of pyridine rings is 2. The highest BCUT2D eigenvalue weighted by Gasteiger charge is 2.45. The summed E-state index contributed by atoms with van der Waals surface area (Å²) in [6.45, 7) is 7.05. The number of likely N-dealkylation sites (N-methyl/N-ethyl adjacent to an activating group) is 2. The van der Waals surface area contributed by atoms with Gasteiger partial charge in [0.2, 0.25) is 17.7 Å². The summed E-state index contributed by atoms with van der Waals surface area (Å²) in [7, 11) is 3.03. The summed E-state index contributed by atoms with van der Waals surface area (Å²) in [5.74, 6) is -4.48. The lowest BCUT2D eigenvalue weighted by Crippen LogP contribution is -2.54. The number of fused-ring (bicyclic) bond motifs is 5. The normalized spacial score (nSPS) is 15.3. The second-order valence-corrected chi connectivity index (χ2v) is 17.9. The lowest BCUT2D eigenvalue weighted by molar-refractivity contribution is -0.172. The molecule has 0 radical (unpaired) electrons. The van der Waals surface area contributed by atoms with Crippen LogP contribution >= 0.6 is 0 Å². The number of hydrogen-bond acceptors (Lipinski definition) is 14. The number of nitrogens with zero attached hydrogens (tertiary/aromatic N) is 4. The Kier molecular flexibility index (Phi) is 17.2. The number of carboxylic acid groups (broad SMARTS) is 1. The van der Waals surface area contributed by atoms with Crippen molar-refractivity contribution in [3.05, 3.63) is 98.9 Å². The van der Waals surface area contributed by atoms with Crippen molar-refractivity contribution >= 4 is 64.5 Å². The third-order valence-electron chi connectivity index (χ3n) is 12.5. The van der Waals surface area contributed by atoms with Crippen molar-refractivity contribution in [2.45, 2.75) is 90.8 Å². The predicted octanol–water partition coefficient (Wildman–Crippen LogP) is 2.99. The van der Waals surface area contributed by atoms with Gasteiger partial charge < -0.3 is 65.8 Å². The van der Waals surface area contributed by atoms with E-state index in [9.17, 15) is 48.3 Å². The number of carboxylic acids is 1. The molecule has 8 N–H and O–H groups in total. The number of amides is 7. The SMILES string of the molecule is CCc1c2c(nc3ccc(OC(=O)N(C)CCN(C)C(=O)OCc4ccc(NC(=O)[C@H](CCCNC(N)=O)NC(=O)[C@@H](NC(=O)/C=C/C(=O)O)C(C)C)cc4)cc13)-c1cc3c(c(=O)n1C2)COC(=O)[C@]3(O)CC. The Balaban J connectivity index is 1.01. The summed E-state index contributed by atoms with van der Waals surface area (Å²) >= 11 is 0. The minimum absolute atomic E-state index is 0.0238. The molecular formula is C50H59N9O14. The van der Waals surface area contributed by atoms with E-state index in [1.807, 2.05) is 6.92 Å². The lowest BCUT2D eigenvalue weighted by atomic mass is 9.86. The highest BCUT2D eigenvalue weighted by Crippen LogP contribution is 2.41. The van der Waals surface area contributed by atoms with Gasteiger partial charge in [-0.25, -0.2) is 29.0 Å². The van der Waals surface area contributed by atoms with E-state index in [-0.39, 0.29) is 81.1 Å². The van der Waals surface area contributed by atoms with E-state index < -0.39 is 71.5 Å². The number of ether oxygens (including phenoxy) is 3. The monoisotopic (exact) mass is 1010 g/mol. The third kappa shape index (κ3) is 12.6. The zero-order chi connectivity index (χ0) is 53.3. The quantitative estimate of drug-likeness (QED) is 0.0335. The van der Waals surface area contributed by atoms with Crippen LogP contribution in [0.15, 0.2) is 65.5 Å². The zero-order valence-corrected chi connectivity index (χ0v) is 41.2. The highest BCUT2D eigenvalue weighted by atomic mass is 16.6. The van der Waals surface area contributed by atoms with Gasteiger partial charge in [0.05, 0.1) is 29.0 Å². The number of aromatic nitrogens is 2. The van der Waals surface area contributed by atoms with Crippen LogP contribution in [0.5, 0.6) is 5.75 Å². The number of aryl methyl sites for hydroxylation is 1. The number of primary amides is 1. The molecule has 3 atom stereocenters. The topological polar surface area (TPSA) is 320 Å². The molecule has 2 aliphatic rings. The maximum Gasteiger partial charge on any atom is 0.415 e.